The molecule has 1 N–H and O–H groups in total. The van der Waals surface area contributed by atoms with Gasteiger partial charge < -0.3 is 9.84 Å². The molecule has 0 aliphatic heterocycles. The lowest BCUT2D eigenvalue weighted by Gasteiger charge is -2.03. The summed E-state index contributed by atoms with van der Waals surface area (Å²) in [5.74, 6) is -0.447. The van der Waals surface area contributed by atoms with Gasteiger partial charge in [-0.2, -0.15) is 0 Å². The number of benzene rings is 1. The normalized spacial score (nSPS) is 10.4. The van der Waals surface area contributed by atoms with Crippen LogP contribution in [0.1, 0.15) is 0 Å². The van der Waals surface area contributed by atoms with Crippen LogP contribution in [0.15, 0.2) is 36.4 Å². The van der Waals surface area contributed by atoms with Crippen molar-refractivity contribution in [3.63, 3.8) is 0 Å². The summed E-state index contributed by atoms with van der Waals surface area (Å²) in [6.07, 6.45) is 2.43. The van der Waals surface area contributed by atoms with Gasteiger partial charge in [0.1, 0.15) is 12.4 Å². The minimum atomic E-state index is -0.993. The molecule has 0 amide bonds. The summed E-state index contributed by atoms with van der Waals surface area (Å²) in [4.78, 5) is 10.1. The van der Waals surface area contributed by atoms with Crippen molar-refractivity contribution in [3.05, 3.63) is 41.4 Å². The summed E-state index contributed by atoms with van der Waals surface area (Å²) >= 11 is 5.80. The molecule has 3 nitrogen and oxygen atoms in total. The molecule has 0 aromatic heterocycles. The highest BCUT2D eigenvalue weighted by Crippen LogP contribution is 2.22. The average molecular weight is 213 g/mol. The molecular weight excluding hydrogens is 204 g/mol. The van der Waals surface area contributed by atoms with Crippen LogP contribution in [-0.2, 0) is 4.79 Å². The maximum Gasteiger partial charge on any atom is 0.328 e. The molecule has 0 saturated carbocycles. The highest BCUT2D eigenvalue weighted by molar-refractivity contribution is 6.32. The number of rotatable bonds is 4. The molecule has 0 saturated heterocycles. The number of hydrogen-bond acceptors (Lipinski definition) is 2. The molecule has 0 atom stereocenters. The SMILES string of the molecule is O=C(O)C=CCOc1ccccc1Cl. The third kappa shape index (κ3) is 3.49. The first-order valence-electron chi connectivity index (χ1n) is 3.97. The lowest BCUT2D eigenvalue weighted by atomic mass is 10.3. The van der Waals surface area contributed by atoms with Crippen molar-refractivity contribution in [1.82, 2.24) is 0 Å². The van der Waals surface area contributed by atoms with E-state index in [-0.39, 0.29) is 6.61 Å². The molecule has 0 heterocycles. The third-order valence-electron chi connectivity index (χ3n) is 1.43. The Balaban J connectivity index is 2.46. The van der Waals surface area contributed by atoms with E-state index in [1.54, 1.807) is 24.3 Å². The van der Waals surface area contributed by atoms with Gasteiger partial charge in [0.05, 0.1) is 5.02 Å². The summed E-state index contributed by atoms with van der Waals surface area (Å²) in [5.41, 5.74) is 0. The fourth-order valence-electron chi connectivity index (χ4n) is 0.849. The number of halogens is 1. The van der Waals surface area contributed by atoms with E-state index >= 15 is 0 Å². The smallest absolute Gasteiger partial charge is 0.328 e. The van der Waals surface area contributed by atoms with Crippen LogP contribution in [0.5, 0.6) is 5.75 Å². The molecule has 0 fully saturated rings. The van der Waals surface area contributed by atoms with Crippen LogP contribution in [-0.4, -0.2) is 17.7 Å². The van der Waals surface area contributed by atoms with E-state index < -0.39 is 5.97 Å². The van der Waals surface area contributed by atoms with E-state index in [2.05, 4.69) is 0 Å². The molecule has 4 heteroatoms. The van der Waals surface area contributed by atoms with Crippen LogP contribution in [0.2, 0.25) is 5.02 Å². The van der Waals surface area contributed by atoms with Gasteiger partial charge in [-0.05, 0) is 18.2 Å². The maximum absolute atomic E-state index is 10.1. The lowest BCUT2D eigenvalue weighted by Crippen LogP contribution is -1.95. The number of carbonyl (C=O) groups is 1. The molecule has 14 heavy (non-hydrogen) atoms. The summed E-state index contributed by atoms with van der Waals surface area (Å²) < 4.78 is 5.21. The van der Waals surface area contributed by atoms with Crippen LogP contribution in [0, 0.1) is 0 Å². The van der Waals surface area contributed by atoms with Crippen molar-refractivity contribution in [2.75, 3.05) is 6.61 Å². The predicted octanol–water partition coefficient (Wildman–Crippen LogP) is 2.36. The van der Waals surface area contributed by atoms with E-state index in [0.29, 0.717) is 10.8 Å². The number of para-hydroxylation sites is 1. The van der Waals surface area contributed by atoms with Gasteiger partial charge in [-0.1, -0.05) is 23.7 Å². The highest BCUT2D eigenvalue weighted by atomic mass is 35.5. The molecule has 0 bridgehead atoms. The molecule has 1 aromatic rings. The quantitative estimate of drug-likeness (QED) is 0.780. The summed E-state index contributed by atoms with van der Waals surface area (Å²) in [7, 11) is 0. The fraction of sp³-hybridized carbons (Fsp3) is 0.100. The lowest BCUT2D eigenvalue weighted by molar-refractivity contribution is -0.131. The monoisotopic (exact) mass is 212 g/mol. The van der Waals surface area contributed by atoms with Crippen molar-refractivity contribution >= 4 is 17.6 Å². The van der Waals surface area contributed by atoms with Crippen LogP contribution in [0.4, 0.5) is 0 Å². The summed E-state index contributed by atoms with van der Waals surface area (Å²) in [5, 5.41) is 8.81. The molecular formula is C10H9ClO3. The Morgan fingerprint density at radius 3 is 2.86 bits per heavy atom. The van der Waals surface area contributed by atoms with E-state index in [0.717, 1.165) is 6.08 Å². The predicted molar refractivity (Wildman–Crippen MR) is 53.7 cm³/mol. The molecule has 0 radical (unpaired) electrons. The van der Waals surface area contributed by atoms with Gasteiger partial charge in [-0.3, -0.25) is 0 Å². The zero-order valence-electron chi connectivity index (χ0n) is 7.31. The van der Waals surface area contributed by atoms with Gasteiger partial charge in [-0.15, -0.1) is 0 Å². The van der Waals surface area contributed by atoms with Gasteiger partial charge >= 0.3 is 5.97 Å². The first-order valence-corrected chi connectivity index (χ1v) is 4.35. The first kappa shape index (κ1) is 10.6. The van der Waals surface area contributed by atoms with Gasteiger partial charge in [-0.25, -0.2) is 4.79 Å². The van der Waals surface area contributed by atoms with Crippen molar-refractivity contribution in [2.24, 2.45) is 0 Å². The van der Waals surface area contributed by atoms with E-state index in [9.17, 15) is 4.79 Å². The molecule has 0 spiro atoms. The largest absolute Gasteiger partial charge is 0.488 e. The Labute approximate surface area is 86.6 Å². The maximum atomic E-state index is 10.1. The molecule has 0 unspecified atom stereocenters. The Morgan fingerprint density at radius 1 is 1.50 bits per heavy atom. The van der Waals surface area contributed by atoms with Gasteiger partial charge in [0.2, 0.25) is 0 Å². The third-order valence-corrected chi connectivity index (χ3v) is 1.74. The second kappa shape index (κ2) is 5.29. The number of carboxylic acid groups (broad SMARTS) is 1. The Kier molecular flexibility index (Phi) is 4.01. The Morgan fingerprint density at radius 2 is 2.21 bits per heavy atom. The van der Waals surface area contributed by atoms with Gasteiger partial charge in [0.15, 0.2) is 0 Å². The van der Waals surface area contributed by atoms with Gasteiger partial charge in [0, 0.05) is 6.08 Å². The summed E-state index contributed by atoms with van der Waals surface area (Å²) in [6, 6.07) is 7.01. The van der Waals surface area contributed by atoms with E-state index in [1.165, 1.54) is 6.08 Å². The minimum Gasteiger partial charge on any atom is -0.488 e. The van der Waals surface area contributed by atoms with E-state index in [4.69, 9.17) is 21.4 Å². The number of hydrogen-bond donors (Lipinski definition) is 1. The number of ether oxygens (including phenoxy) is 1. The van der Waals surface area contributed by atoms with Crippen LogP contribution in [0.3, 0.4) is 0 Å². The van der Waals surface area contributed by atoms with Crippen molar-refractivity contribution < 1.29 is 14.6 Å². The number of carboxylic acids is 1. The Hall–Kier alpha value is -1.48. The zero-order valence-corrected chi connectivity index (χ0v) is 8.07. The van der Waals surface area contributed by atoms with E-state index in [1.807, 2.05) is 0 Å². The van der Waals surface area contributed by atoms with Crippen molar-refractivity contribution in [1.29, 1.82) is 0 Å². The zero-order chi connectivity index (χ0) is 10.4. The van der Waals surface area contributed by atoms with Crippen LogP contribution >= 0.6 is 11.6 Å². The summed E-state index contributed by atoms with van der Waals surface area (Å²) in [6.45, 7) is 0.191. The first-order chi connectivity index (χ1) is 6.70. The second-order valence-corrected chi connectivity index (χ2v) is 2.89. The molecule has 0 aliphatic carbocycles. The minimum absolute atomic E-state index is 0.191. The van der Waals surface area contributed by atoms with Crippen LogP contribution in [0.25, 0.3) is 0 Å². The highest BCUT2D eigenvalue weighted by Gasteiger charge is 1.97. The van der Waals surface area contributed by atoms with Crippen molar-refractivity contribution in [3.8, 4) is 5.75 Å². The fourth-order valence-corrected chi connectivity index (χ4v) is 1.04. The second-order valence-electron chi connectivity index (χ2n) is 2.48. The van der Waals surface area contributed by atoms with Gasteiger partial charge in [0.25, 0.3) is 0 Å². The van der Waals surface area contributed by atoms with Crippen LogP contribution < -0.4 is 4.74 Å². The molecule has 0 aliphatic rings. The molecule has 1 aromatic carbocycles. The Bertz CT molecular complexity index is 347. The van der Waals surface area contributed by atoms with Crippen molar-refractivity contribution in [2.45, 2.75) is 0 Å². The number of aliphatic carboxylic acids is 1. The standard InChI is InChI=1S/C10H9ClO3/c11-8-4-1-2-5-9(8)14-7-3-6-10(12)13/h1-6H,7H2,(H,12,13). The molecule has 1 rings (SSSR count). The topological polar surface area (TPSA) is 46.5 Å². The average Bonchev–Trinajstić information content (AvgIpc) is 2.15. The molecule has 74 valence electrons.